The van der Waals surface area contributed by atoms with Crippen LogP contribution in [0.2, 0.25) is 10.0 Å². The van der Waals surface area contributed by atoms with E-state index in [0.717, 1.165) is 16.9 Å². The largest absolute Gasteiger partial charge is 0.467 e. The minimum atomic E-state index is -0.653. The molecule has 0 aliphatic heterocycles. The highest BCUT2D eigenvalue weighted by atomic mass is 35.5. The molecule has 4 aromatic rings. The van der Waals surface area contributed by atoms with Crippen molar-refractivity contribution in [1.82, 2.24) is 14.8 Å². The second kappa shape index (κ2) is 11.0. The van der Waals surface area contributed by atoms with Gasteiger partial charge >= 0.3 is 0 Å². The molecular formula is C23H21Cl2N3O3S. The molecule has 1 N–H and O–H groups in total. The zero-order valence-electron chi connectivity index (χ0n) is 17.0. The van der Waals surface area contributed by atoms with Gasteiger partial charge in [-0.1, -0.05) is 47.1 Å². The second-order valence-electron chi connectivity index (χ2n) is 7.09. The predicted molar refractivity (Wildman–Crippen MR) is 126 cm³/mol. The molecule has 0 amide bonds. The van der Waals surface area contributed by atoms with Crippen molar-refractivity contribution in [1.29, 1.82) is 0 Å². The first-order valence-corrected chi connectivity index (χ1v) is 11.7. The Labute approximate surface area is 200 Å². The Balaban J connectivity index is 1.39. The maximum absolute atomic E-state index is 10.4. The summed E-state index contributed by atoms with van der Waals surface area (Å²) in [4.78, 5) is 0. The van der Waals surface area contributed by atoms with Crippen LogP contribution >= 0.6 is 35.0 Å². The number of nitrogens with zero attached hydrogens (tertiary/aromatic N) is 3. The summed E-state index contributed by atoms with van der Waals surface area (Å²) >= 11 is 13.3. The smallest absolute Gasteiger partial charge is 0.192 e. The van der Waals surface area contributed by atoms with Gasteiger partial charge in [0.05, 0.1) is 32.1 Å². The van der Waals surface area contributed by atoms with E-state index in [1.165, 1.54) is 11.8 Å². The van der Waals surface area contributed by atoms with Gasteiger partial charge in [0.2, 0.25) is 0 Å². The van der Waals surface area contributed by atoms with Crippen LogP contribution in [0.15, 0.2) is 76.5 Å². The molecule has 0 bridgehead atoms. The van der Waals surface area contributed by atoms with Crippen molar-refractivity contribution in [3.05, 3.63) is 88.3 Å². The molecule has 0 saturated heterocycles. The maximum Gasteiger partial charge on any atom is 0.192 e. The average molecular weight is 490 g/mol. The molecule has 1 atom stereocenters. The minimum absolute atomic E-state index is 0.214. The van der Waals surface area contributed by atoms with Gasteiger partial charge in [0.25, 0.3) is 0 Å². The first kappa shape index (κ1) is 22.9. The Morgan fingerprint density at radius 2 is 1.72 bits per heavy atom. The number of thioether (sulfide) groups is 1. The van der Waals surface area contributed by atoms with Gasteiger partial charge in [-0.2, -0.15) is 0 Å². The molecular weight excluding hydrogens is 469 g/mol. The van der Waals surface area contributed by atoms with Gasteiger partial charge in [0.1, 0.15) is 5.76 Å². The fourth-order valence-electron chi connectivity index (χ4n) is 3.02. The summed E-state index contributed by atoms with van der Waals surface area (Å²) in [5, 5.41) is 21.1. The number of hydrogen-bond acceptors (Lipinski definition) is 6. The highest BCUT2D eigenvalue weighted by molar-refractivity contribution is 7.99. The molecule has 0 saturated carbocycles. The summed E-state index contributed by atoms with van der Waals surface area (Å²) in [7, 11) is 0. The molecule has 32 heavy (non-hydrogen) atoms. The lowest BCUT2D eigenvalue weighted by molar-refractivity contribution is 0.0397. The number of aliphatic hydroxyl groups is 1. The molecule has 0 unspecified atom stereocenters. The van der Waals surface area contributed by atoms with E-state index in [2.05, 4.69) is 10.2 Å². The predicted octanol–water partition coefficient (Wildman–Crippen LogP) is 5.56. The minimum Gasteiger partial charge on any atom is -0.467 e. The van der Waals surface area contributed by atoms with E-state index in [4.69, 9.17) is 32.4 Å². The van der Waals surface area contributed by atoms with Crippen LogP contribution in [0.5, 0.6) is 0 Å². The quantitative estimate of drug-likeness (QED) is 0.294. The topological polar surface area (TPSA) is 73.3 Å². The molecule has 0 aliphatic rings. The lowest BCUT2D eigenvalue weighted by Gasteiger charge is -2.12. The van der Waals surface area contributed by atoms with E-state index in [1.807, 2.05) is 65.2 Å². The molecule has 0 aliphatic carbocycles. The summed E-state index contributed by atoms with van der Waals surface area (Å²) in [6.45, 7) is 1.10. The van der Waals surface area contributed by atoms with Crippen molar-refractivity contribution in [2.24, 2.45) is 0 Å². The Bertz CT molecular complexity index is 1120. The fourth-order valence-corrected chi connectivity index (χ4v) is 4.12. The van der Waals surface area contributed by atoms with Crippen molar-refractivity contribution in [3.8, 4) is 11.4 Å². The third kappa shape index (κ3) is 6.15. The number of halogens is 2. The van der Waals surface area contributed by atoms with Crippen LogP contribution in [0.4, 0.5) is 0 Å². The van der Waals surface area contributed by atoms with Crippen LogP contribution in [0.3, 0.4) is 0 Å². The number of ether oxygens (including phenoxy) is 1. The molecule has 4 rings (SSSR count). The molecule has 0 spiro atoms. The summed E-state index contributed by atoms with van der Waals surface area (Å²) in [6.07, 6.45) is 0.982. The molecule has 2 heterocycles. The third-order valence-electron chi connectivity index (χ3n) is 4.61. The highest BCUT2D eigenvalue weighted by Gasteiger charge is 2.17. The third-order valence-corrected chi connectivity index (χ3v) is 6.23. The Kier molecular flexibility index (Phi) is 7.89. The molecule has 166 valence electrons. The molecule has 2 aromatic carbocycles. The Hall–Kier alpha value is -2.29. The van der Waals surface area contributed by atoms with Gasteiger partial charge in [-0.25, -0.2) is 0 Å². The molecule has 2 aromatic heterocycles. The number of aliphatic hydroxyl groups excluding tert-OH is 1. The SMILES string of the molecule is O[C@H](COCc1ccc(Cl)cc1)CSc1nnc(-c2ccc(Cl)cc2)n1Cc1ccco1. The van der Waals surface area contributed by atoms with Gasteiger partial charge in [0.15, 0.2) is 11.0 Å². The summed E-state index contributed by atoms with van der Waals surface area (Å²) < 4.78 is 13.1. The van der Waals surface area contributed by atoms with Crippen LogP contribution < -0.4 is 0 Å². The van der Waals surface area contributed by atoms with Crippen LogP contribution in [0, 0.1) is 0 Å². The van der Waals surface area contributed by atoms with Crippen LogP contribution in [-0.2, 0) is 17.9 Å². The highest BCUT2D eigenvalue weighted by Crippen LogP contribution is 2.27. The molecule has 0 fully saturated rings. The zero-order valence-corrected chi connectivity index (χ0v) is 19.4. The van der Waals surface area contributed by atoms with Crippen LogP contribution in [-0.4, -0.2) is 38.3 Å². The van der Waals surface area contributed by atoms with E-state index < -0.39 is 6.10 Å². The van der Waals surface area contributed by atoms with E-state index in [1.54, 1.807) is 6.26 Å². The first-order valence-electron chi connectivity index (χ1n) is 9.93. The Morgan fingerprint density at radius 3 is 2.41 bits per heavy atom. The van der Waals surface area contributed by atoms with Crippen LogP contribution in [0.1, 0.15) is 11.3 Å². The van der Waals surface area contributed by atoms with Gasteiger partial charge < -0.3 is 14.3 Å². The number of hydrogen-bond donors (Lipinski definition) is 1. The normalized spacial score (nSPS) is 12.2. The second-order valence-corrected chi connectivity index (χ2v) is 8.95. The van der Waals surface area contributed by atoms with Gasteiger partial charge in [-0.05, 0) is 54.1 Å². The molecule has 9 heteroatoms. The van der Waals surface area contributed by atoms with Crippen molar-refractivity contribution >= 4 is 35.0 Å². The first-order chi connectivity index (χ1) is 15.6. The molecule has 0 radical (unpaired) electrons. The summed E-state index contributed by atoms with van der Waals surface area (Å²) in [5.41, 5.74) is 1.90. The maximum atomic E-state index is 10.4. The van der Waals surface area contributed by atoms with Gasteiger partial charge in [-0.15, -0.1) is 10.2 Å². The van der Waals surface area contributed by atoms with E-state index in [9.17, 15) is 5.11 Å². The lowest BCUT2D eigenvalue weighted by atomic mass is 10.2. The van der Waals surface area contributed by atoms with E-state index in [0.29, 0.717) is 39.9 Å². The van der Waals surface area contributed by atoms with Crippen molar-refractivity contribution in [3.63, 3.8) is 0 Å². The average Bonchev–Trinajstić information content (AvgIpc) is 3.45. The number of aromatic nitrogens is 3. The number of furan rings is 1. The van der Waals surface area contributed by atoms with E-state index >= 15 is 0 Å². The lowest BCUT2D eigenvalue weighted by Crippen LogP contribution is -2.18. The van der Waals surface area contributed by atoms with Crippen LogP contribution in [0.25, 0.3) is 11.4 Å². The number of rotatable bonds is 10. The zero-order chi connectivity index (χ0) is 22.3. The van der Waals surface area contributed by atoms with Crippen molar-refractivity contribution < 1.29 is 14.3 Å². The number of benzene rings is 2. The van der Waals surface area contributed by atoms with Gasteiger partial charge in [-0.3, -0.25) is 4.57 Å². The van der Waals surface area contributed by atoms with Gasteiger partial charge in [0, 0.05) is 21.4 Å². The molecule has 6 nitrogen and oxygen atoms in total. The summed E-state index contributed by atoms with van der Waals surface area (Å²) in [5.74, 6) is 1.90. The van der Waals surface area contributed by atoms with E-state index in [-0.39, 0.29) is 6.61 Å². The Morgan fingerprint density at radius 1 is 1.00 bits per heavy atom. The fraction of sp³-hybridized carbons (Fsp3) is 0.217. The van der Waals surface area contributed by atoms with Crippen molar-refractivity contribution in [2.45, 2.75) is 24.4 Å². The monoisotopic (exact) mass is 489 g/mol. The standard InChI is InChI=1S/C23H21Cl2N3O3S/c24-18-7-3-16(4-8-18)13-30-14-20(29)15-32-23-27-26-22(17-5-9-19(25)10-6-17)28(23)12-21-2-1-11-31-21/h1-11,20,29H,12-15H2/t20-/m1/s1. The van der Waals surface area contributed by atoms with Crippen molar-refractivity contribution in [2.75, 3.05) is 12.4 Å². The summed E-state index contributed by atoms with van der Waals surface area (Å²) in [6, 6.07) is 18.6.